The van der Waals surface area contributed by atoms with Crippen molar-refractivity contribution in [1.82, 2.24) is 0 Å². The standard InChI is InChI=1S/C10H9F3O3S/c1-5(17)16-8-3-2-6(9(14)15)4-7(8)10(11,12)13/h2-5,17H,1H3,(H,14,15). The molecule has 0 bridgehead atoms. The van der Waals surface area contributed by atoms with Crippen molar-refractivity contribution in [1.29, 1.82) is 0 Å². The smallest absolute Gasteiger partial charge is 0.419 e. The molecule has 0 saturated heterocycles. The van der Waals surface area contributed by atoms with Crippen LogP contribution in [0.2, 0.25) is 0 Å². The molecule has 3 nitrogen and oxygen atoms in total. The summed E-state index contributed by atoms with van der Waals surface area (Å²) in [4.78, 5) is 10.6. The van der Waals surface area contributed by atoms with Gasteiger partial charge in [-0.05, 0) is 25.1 Å². The topological polar surface area (TPSA) is 46.5 Å². The predicted octanol–water partition coefficient (Wildman–Crippen LogP) is 3.06. The Morgan fingerprint density at radius 2 is 2.06 bits per heavy atom. The van der Waals surface area contributed by atoms with Crippen molar-refractivity contribution in [2.24, 2.45) is 0 Å². The highest BCUT2D eigenvalue weighted by Crippen LogP contribution is 2.37. The first-order valence-corrected chi connectivity index (χ1v) is 5.02. The Balaban J connectivity index is 3.27. The summed E-state index contributed by atoms with van der Waals surface area (Å²) in [6.07, 6.45) is -4.68. The first-order valence-electron chi connectivity index (χ1n) is 4.51. The van der Waals surface area contributed by atoms with Gasteiger partial charge in [0.25, 0.3) is 0 Å². The summed E-state index contributed by atoms with van der Waals surface area (Å²) in [6, 6.07) is 2.55. The van der Waals surface area contributed by atoms with Crippen LogP contribution >= 0.6 is 12.6 Å². The molecule has 1 rings (SSSR count). The molecule has 0 saturated carbocycles. The van der Waals surface area contributed by atoms with Crippen molar-refractivity contribution in [3.8, 4) is 5.75 Å². The van der Waals surface area contributed by atoms with Crippen LogP contribution in [0.4, 0.5) is 13.2 Å². The Morgan fingerprint density at radius 1 is 1.47 bits per heavy atom. The minimum atomic E-state index is -4.68. The highest BCUT2D eigenvalue weighted by atomic mass is 32.1. The molecule has 0 heterocycles. The van der Waals surface area contributed by atoms with Gasteiger partial charge in [0.1, 0.15) is 11.2 Å². The molecule has 1 aromatic rings. The fourth-order valence-corrected chi connectivity index (χ4v) is 1.28. The molecule has 0 fully saturated rings. The van der Waals surface area contributed by atoms with E-state index in [1.165, 1.54) is 6.92 Å². The van der Waals surface area contributed by atoms with E-state index in [4.69, 9.17) is 9.84 Å². The number of rotatable bonds is 3. The minimum absolute atomic E-state index is 0.440. The summed E-state index contributed by atoms with van der Waals surface area (Å²) in [5.41, 5.74) is -2.30. The maximum absolute atomic E-state index is 12.6. The number of alkyl halides is 3. The van der Waals surface area contributed by atoms with Gasteiger partial charge in [-0.1, -0.05) is 0 Å². The lowest BCUT2D eigenvalue weighted by molar-refractivity contribution is -0.139. The molecule has 0 aliphatic carbocycles. The van der Waals surface area contributed by atoms with Gasteiger partial charge in [-0.3, -0.25) is 0 Å². The molecular formula is C10H9F3O3S. The molecular weight excluding hydrogens is 257 g/mol. The van der Waals surface area contributed by atoms with E-state index >= 15 is 0 Å². The number of carboxylic acids is 1. The molecule has 1 aromatic carbocycles. The lowest BCUT2D eigenvalue weighted by Gasteiger charge is -2.16. The molecule has 0 spiro atoms. The molecule has 17 heavy (non-hydrogen) atoms. The normalized spacial score (nSPS) is 13.2. The van der Waals surface area contributed by atoms with E-state index in [9.17, 15) is 18.0 Å². The van der Waals surface area contributed by atoms with Crippen molar-refractivity contribution >= 4 is 18.6 Å². The van der Waals surface area contributed by atoms with Gasteiger partial charge in [0.05, 0.1) is 11.1 Å². The molecule has 7 heteroatoms. The van der Waals surface area contributed by atoms with E-state index in [-0.39, 0.29) is 0 Å². The Labute approximate surface area is 101 Å². The van der Waals surface area contributed by atoms with E-state index < -0.39 is 34.5 Å². The monoisotopic (exact) mass is 266 g/mol. The van der Waals surface area contributed by atoms with Crippen LogP contribution in [0.3, 0.4) is 0 Å². The fourth-order valence-electron chi connectivity index (χ4n) is 1.17. The third-order valence-electron chi connectivity index (χ3n) is 1.83. The van der Waals surface area contributed by atoms with Crippen molar-refractivity contribution in [2.75, 3.05) is 0 Å². The number of hydrogen-bond donors (Lipinski definition) is 2. The zero-order valence-corrected chi connectivity index (χ0v) is 9.55. The van der Waals surface area contributed by atoms with Crippen molar-refractivity contribution < 1.29 is 27.8 Å². The predicted molar refractivity (Wildman–Crippen MR) is 57.5 cm³/mol. The number of hydrogen-bond acceptors (Lipinski definition) is 3. The maximum atomic E-state index is 12.6. The zero-order valence-electron chi connectivity index (χ0n) is 8.65. The van der Waals surface area contributed by atoms with Gasteiger partial charge < -0.3 is 9.84 Å². The van der Waals surface area contributed by atoms with Crippen molar-refractivity contribution in [3.63, 3.8) is 0 Å². The van der Waals surface area contributed by atoms with Gasteiger partial charge in [-0.25, -0.2) is 4.79 Å². The van der Waals surface area contributed by atoms with Gasteiger partial charge in [0.15, 0.2) is 0 Å². The Hall–Kier alpha value is -1.37. The maximum Gasteiger partial charge on any atom is 0.419 e. The summed E-state index contributed by atoms with van der Waals surface area (Å²) >= 11 is 3.81. The molecule has 1 atom stereocenters. The molecule has 94 valence electrons. The third-order valence-corrected chi connectivity index (χ3v) is 1.93. The lowest BCUT2D eigenvalue weighted by Crippen LogP contribution is -2.13. The van der Waals surface area contributed by atoms with Crippen LogP contribution in [-0.4, -0.2) is 16.5 Å². The van der Waals surface area contributed by atoms with E-state index in [2.05, 4.69) is 12.6 Å². The molecule has 1 unspecified atom stereocenters. The van der Waals surface area contributed by atoms with Crippen LogP contribution in [0.15, 0.2) is 18.2 Å². The molecule has 0 aliphatic heterocycles. The van der Waals surface area contributed by atoms with Crippen LogP contribution in [0.1, 0.15) is 22.8 Å². The average molecular weight is 266 g/mol. The zero-order chi connectivity index (χ0) is 13.2. The quantitative estimate of drug-likeness (QED) is 0.653. The highest BCUT2D eigenvalue weighted by molar-refractivity contribution is 7.80. The Morgan fingerprint density at radius 3 is 2.47 bits per heavy atom. The largest absolute Gasteiger partial charge is 0.480 e. The highest BCUT2D eigenvalue weighted by Gasteiger charge is 2.35. The van der Waals surface area contributed by atoms with E-state index in [1.807, 2.05) is 0 Å². The summed E-state index contributed by atoms with van der Waals surface area (Å²) < 4.78 is 42.8. The van der Waals surface area contributed by atoms with Crippen LogP contribution in [0.5, 0.6) is 5.75 Å². The number of carbonyl (C=O) groups is 1. The number of aromatic carboxylic acids is 1. The van der Waals surface area contributed by atoms with Gasteiger partial charge in [-0.15, -0.1) is 12.6 Å². The summed E-state index contributed by atoms with van der Waals surface area (Å²) in [5, 5.41) is 8.62. The number of benzene rings is 1. The van der Waals surface area contributed by atoms with Gasteiger partial charge >= 0.3 is 12.1 Å². The fraction of sp³-hybridized carbons (Fsp3) is 0.300. The first kappa shape index (κ1) is 13.7. The van der Waals surface area contributed by atoms with Crippen LogP contribution in [0, 0.1) is 0 Å². The molecule has 0 aliphatic rings. The molecule has 1 N–H and O–H groups in total. The second-order valence-electron chi connectivity index (χ2n) is 3.23. The summed E-state index contributed by atoms with van der Waals surface area (Å²) in [5.74, 6) is -1.87. The number of thiol groups is 1. The van der Waals surface area contributed by atoms with Crippen molar-refractivity contribution in [3.05, 3.63) is 29.3 Å². The van der Waals surface area contributed by atoms with E-state index in [1.54, 1.807) is 0 Å². The second-order valence-corrected chi connectivity index (χ2v) is 3.96. The summed E-state index contributed by atoms with van der Waals surface area (Å²) in [6.45, 7) is 1.45. The number of ether oxygens (including phenoxy) is 1. The van der Waals surface area contributed by atoms with Crippen LogP contribution in [-0.2, 0) is 6.18 Å². The minimum Gasteiger partial charge on any atom is -0.480 e. The van der Waals surface area contributed by atoms with E-state index in [0.29, 0.717) is 6.07 Å². The van der Waals surface area contributed by atoms with Gasteiger partial charge in [0.2, 0.25) is 0 Å². The third kappa shape index (κ3) is 3.55. The molecule has 0 amide bonds. The number of halogens is 3. The summed E-state index contributed by atoms with van der Waals surface area (Å²) in [7, 11) is 0. The van der Waals surface area contributed by atoms with Gasteiger partial charge in [-0.2, -0.15) is 13.2 Å². The SMILES string of the molecule is CC(S)Oc1ccc(C(=O)O)cc1C(F)(F)F. The lowest BCUT2D eigenvalue weighted by atomic mass is 10.1. The number of carboxylic acid groups (broad SMARTS) is 1. The van der Waals surface area contributed by atoms with Crippen molar-refractivity contribution in [2.45, 2.75) is 18.5 Å². The molecule has 0 aromatic heterocycles. The van der Waals surface area contributed by atoms with Gasteiger partial charge in [0, 0.05) is 0 Å². The van der Waals surface area contributed by atoms with Crippen LogP contribution in [0.25, 0.3) is 0 Å². The average Bonchev–Trinajstić information content (AvgIpc) is 2.15. The van der Waals surface area contributed by atoms with Crippen LogP contribution < -0.4 is 4.74 Å². The second kappa shape index (κ2) is 4.87. The van der Waals surface area contributed by atoms with E-state index in [0.717, 1.165) is 12.1 Å². The Kier molecular flexibility index (Phi) is 3.92. The Bertz CT molecular complexity index is 429. The molecule has 0 radical (unpaired) electrons. The first-order chi connectivity index (χ1) is 7.71.